The maximum Gasteiger partial charge on any atom is 0.0671 e. The van der Waals surface area contributed by atoms with Gasteiger partial charge in [-0.1, -0.05) is 6.92 Å². The largest absolute Gasteiger partial charge is 0.380 e. The summed E-state index contributed by atoms with van der Waals surface area (Å²) in [6, 6.07) is 2.09. The zero-order chi connectivity index (χ0) is 10.7. The minimum absolute atomic E-state index is 0.855. The first-order valence-corrected chi connectivity index (χ1v) is 6.01. The molecular weight excluding hydrogens is 206 g/mol. The average molecular weight is 221 g/mol. The molecule has 1 N–H and O–H groups in total. The predicted octanol–water partition coefficient (Wildman–Crippen LogP) is 2.66. The van der Waals surface area contributed by atoms with Crippen LogP contribution in [-0.2, 0) is 20.0 Å². The monoisotopic (exact) mass is 221 g/mol. The van der Waals surface area contributed by atoms with E-state index in [4.69, 9.17) is 0 Å². The van der Waals surface area contributed by atoms with Crippen LogP contribution in [0.25, 0.3) is 0 Å². The quantitative estimate of drug-likeness (QED) is 0.860. The van der Waals surface area contributed by atoms with Gasteiger partial charge in [0.15, 0.2) is 0 Å². The molecule has 0 aliphatic carbocycles. The molecule has 0 saturated heterocycles. The molecule has 2 aromatic rings. The Bertz CT molecular complexity index is 417. The van der Waals surface area contributed by atoms with Crippen molar-refractivity contribution >= 4 is 17.0 Å². The van der Waals surface area contributed by atoms with Crippen LogP contribution in [-0.4, -0.2) is 9.78 Å². The minimum Gasteiger partial charge on any atom is -0.380 e. The Balaban J connectivity index is 2.04. The van der Waals surface area contributed by atoms with Gasteiger partial charge in [0.05, 0.1) is 5.69 Å². The fourth-order valence-electron chi connectivity index (χ4n) is 1.59. The Morgan fingerprint density at radius 2 is 2.40 bits per heavy atom. The number of anilines is 1. The first kappa shape index (κ1) is 10.2. The average Bonchev–Trinajstić information content (AvgIpc) is 2.83. The minimum atomic E-state index is 0.855. The van der Waals surface area contributed by atoms with Crippen molar-refractivity contribution < 1.29 is 0 Å². The Labute approximate surface area is 93.7 Å². The van der Waals surface area contributed by atoms with Gasteiger partial charge in [-0.05, 0) is 17.9 Å². The second-order valence-corrected chi connectivity index (χ2v) is 4.27. The fourth-order valence-corrected chi connectivity index (χ4v) is 2.20. The van der Waals surface area contributed by atoms with Crippen LogP contribution in [0.5, 0.6) is 0 Å². The molecule has 0 radical (unpaired) electrons. The lowest BCUT2D eigenvalue weighted by molar-refractivity contribution is 0.746. The van der Waals surface area contributed by atoms with Crippen LogP contribution in [0.15, 0.2) is 23.0 Å². The number of aryl methyl sites for hydroxylation is 2. The number of hydrogen-bond donors (Lipinski definition) is 1. The highest BCUT2D eigenvalue weighted by Crippen LogP contribution is 2.14. The van der Waals surface area contributed by atoms with Crippen molar-refractivity contribution in [1.29, 1.82) is 0 Å². The van der Waals surface area contributed by atoms with E-state index in [-0.39, 0.29) is 0 Å². The molecule has 0 aromatic carbocycles. The highest BCUT2D eigenvalue weighted by atomic mass is 32.1. The van der Waals surface area contributed by atoms with E-state index in [0.29, 0.717) is 0 Å². The van der Waals surface area contributed by atoms with Crippen LogP contribution in [0, 0.1) is 0 Å². The van der Waals surface area contributed by atoms with E-state index in [0.717, 1.165) is 13.0 Å². The van der Waals surface area contributed by atoms with Crippen molar-refractivity contribution in [1.82, 2.24) is 9.78 Å². The van der Waals surface area contributed by atoms with E-state index in [9.17, 15) is 0 Å². The molecule has 0 aliphatic heterocycles. The first-order chi connectivity index (χ1) is 7.29. The molecule has 0 bridgehead atoms. The molecular formula is C11H15N3S. The summed E-state index contributed by atoms with van der Waals surface area (Å²) in [7, 11) is 1.97. The molecule has 0 amide bonds. The lowest BCUT2D eigenvalue weighted by Crippen LogP contribution is -1.99. The van der Waals surface area contributed by atoms with Crippen molar-refractivity contribution in [3.63, 3.8) is 0 Å². The van der Waals surface area contributed by atoms with E-state index in [1.165, 1.54) is 16.9 Å². The van der Waals surface area contributed by atoms with E-state index < -0.39 is 0 Å². The summed E-state index contributed by atoms with van der Waals surface area (Å²) in [4.78, 5) is 0. The van der Waals surface area contributed by atoms with Crippen molar-refractivity contribution in [2.24, 2.45) is 7.05 Å². The van der Waals surface area contributed by atoms with Crippen LogP contribution >= 0.6 is 11.3 Å². The van der Waals surface area contributed by atoms with Crippen molar-refractivity contribution in [2.75, 3.05) is 5.32 Å². The summed E-state index contributed by atoms with van der Waals surface area (Å²) in [5.74, 6) is 0. The lowest BCUT2D eigenvalue weighted by atomic mass is 10.2. The van der Waals surface area contributed by atoms with Gasteiger partial charge in [-0.2, -0.15) is 16.4 Å². The second kappa shape index (κ2) is 4.49. The second-order valence-electron chi connectivity index (χ2n) is 3.49. The van der Waals surface area contributed by atoms with E-state index in [1.54, 1.807) is 11.3 Å². The molecule has 0 atom stereocenters. The molecule has 0 saturated carbocycles. The molecule has 3 nitrogen and oxygen atoms in total. The zero-order valence-electron chi connectivity index (χ0n) is 9.03. The van der Waals surface area contributed by atoms with Crippen molar-refractivity contribution in [3.05, 3.63) is 34.3 Å². The Kier molecular flexibility index (Phi) is 3.06. The van der Waals surface area contributed by atoms with Crippen LogP contribution < -0.4 is 5.32 Å². The maximum absolute atomic E-state index is 4.41. The normalized spacial score (nSPS) is 10.5. The smallest absolute Gasteiger partial charge is 0.0671 e. The van der Waals surface area contributed by atoms with Crippen molar-refractivity contribution in [3.8, 4) is 0 Å². The van der Waals surface area contributed by atoms with Gasteiger partial charge in [0.25, 0.3) is 0 Å². The molecule has 0 aliphatic rings. The number of nitrogens with zero attached hydrogens (tertiary/aromatic N) is 2. The van der Waals surface area contributed by atoms with Gasteiger partial charge < -0.3 is 5.32 Å². The number of rotatable bonds is 4. The molecule has 0 spiro atoms. The zero-order valence-corrected chi connectivity index (χ0v) is 9.84. The number of aromatic nitrogens is 2. The van der Waals surface area contributed by atoms with Gasteiger partial charge in [0, 0.05) is 36.4 Å². The fraction of sp³-hybridized carbons (Fsp3) is 0.364. The molecule has 2 aromatic heterocycles. The van der Waals surface area contributed by atoms with Crippen LogP contribution in [0.2, 0.25) is 0 Å². The van der Waals surface area contributed by atoms with Crippen LogP contribution in [0.1, 0.15) is 18.2 Å². The van der Waals surface area contributed by atoms with E-state index in [2.05, 4.69) is 40.4 Å². The number of nitrogens with one attached hydrogen (secondary N) is 1. The van der Waals surface area contributed by atoms with Gasteiger partial charge in [0.2, 0.25) is 0 Å². The lowest BCUT2D eigenvalue weighted by Gasteiger charge is -2.02. The molecule has 0 fully saturated rings. The summed E-state index contributed by atoms with van der Waals surface area (Å²) in [6.45, 7) is 2.99. The highest BCUT2D eigenvalue weighted by Gasteiger charge is 2.04. The number of hydrogen-bond acceptors (Lipinski definition) is 3. The van der Waals surface area contributed by atoms with Crippen LogP contribution in [0.4, 0.5) is 5.69 Å². The molecule has 80 valence electrons. The van der Waals surface area contributed by atoms with Gasteiger partial charge in [-0.3, -0.25) is 4.68 Å². The van der Waals surface area contributed by atoms with E-state index >= 15 is 0 Å². The molecule has 15 heavy (non-hydrogen) atoms. The Hall–Kier alpha value is -1.29. The highest BCUT2D eigenvalue weighted by molar-refractivity contribution is 7.08. The van der Waals surface area contributed by atoms with Gasteiger partial charge in [-0.25, -0.2) is 0 Å². The summed E-state index contributed by atoms with van der Waals surface area (Å²) < 4.78 is 1.88. The third-order valence-corrected chi connectivity index (χ3v) is 3.01. The van der Waals surface area contributed by atoms with Gasteiger partial charge in [-0.15, -0.1) is 0 Å². The van der Waals surface area contributed by atoms with Gasteiger partial charge in [0.1, 0.15) is 0 Å². The summed E-state index contributed by atoms with van der Waals surface area (Å²) in [5, 5.41) is 12.0. The molecule has 2 heterocycles. The van der Waals surface area contributed by atoms with E-state index in [1.807, 2.05) is 11.7 Å². The predicted molar refractivity (Wildman–Crippen MR) is 64.2 cm³/mol. The van der Waals surface area contributed by atoms with Crippen LogP contribution in [0.3, 0.4) is 0 Å². The number of thiophene rings is 1. The molecule has 0 unspecified atom stereocenters. The maximum atomic E-state index is 4.41. The Morgan fingerprint density at radius 3 is 3.07 bits per heavy atom. The van der Waals surface area contributed by atoms with Gasteiger partial charge >= 0.3 is 0 Å². The summed E-state index contributed by atoms with van der Waals surface area (Å²) >= 11 is 1.71. The summed E-state index contributed by atoms with van der Waals surface area (Å²) in [6.07, 6.45) is 3.07. The SMILES string of the molecule is CCc1nn(C)cc1CNc1ccsc1. The first-order valence-electron chi connectivity index (χ1n) is 5.07. The molecule has 2 rings (SSSR count). The topological polar surface area (TPSA) is 29.9 Å². The molecule has 4 heteroatoms. The third kappa shape index (κ3) is 2.39. The summed E-state index contributed by atoms with van der Waals surface area (Å²) in [5.41, 5.74) is 3.65. The third-order valence-electron chi connectivity index (χ3n) is 2.33. The standard InChI is InChI=1S/C11H15N3S/c1-3-11-9(7-14(2)13-11)6-12-10-4-5-15-8-10/h4-5,7-8,12H,3,6H2,1-2H3. The van der Waals surface area contributed by atoms with Crippen molar-refractivity contribution in [2.45, 2.75) is 19.9 Å². The Morgan fingerprint density at radius 1 is 1.53 bits per heavy atom.